The van der Waals surface area contributed by atoms with Crippen molar-refractivity contribution in [1.29, 1.82) is 0 Å². The number of anilines is 1. The van der Waals surface area contributed by atoms with E-state index in [4.69, 9.17) is 39.5 Å². The Kier molecular flexibility index (Phi) is 8.31. The minimum atomic E-state index is -4.50. The SMILES string of the molecule is CC(C)(Oc1ccc(Cl)cc1Cl)C(=O)N[C@H]1C[C@H]2CC[C@@H](C1)N2c1ccc(C(=O)NCC(F)(F)F)cc1Cl. The second-order valence-electron chi connectivity index (χ2n) is 10.1. The number of alkyl halides is 3. The number of ether oxygens (including phenoxy) is 1. The van der Waals surface area contributed by atoms with Crippen LogP contribution in [-0.2, 0) is 4.79 Å². The van der Waals surface area contributed by atoms with Crippen LogP contribution in [0.25, 0.3) is 0 Å². The molecule has 2 aliphatic rings. The van der Waals surface area contributed by atoms with E-state index in [1.54, 1.807) is 38.1 Å². The van der Waals surface area contributed by atoms with Crippen LogP contribution >= 0.6 is 34.8 Å². The summed E-state index contributed by atoms with van der Waals surface area (Å²) in [6.45, 7) is 1.93. The molecular formula is C26H27Cl3F3N3O3. The molecule has 4 rings (SSSR count). The number of nitrogens with one attached hydrogen (secondary N) is 2. The maximum atomic E-state index is 13.1. The highest BCUT2D eigenvalue weighted by molar-refractivity contribution is 6.35. The summed E-state index contributed by atoms with van der Waals surface area (Å²) in [6, 6.07) is 9.47. The number of halogens is 6. The van der Waals surface area contributed by atoms with Gasteiger partial charge in [-0.15, -0.1) is 0 Å². The van der Waals surface area contributed by atoms with Gasteiger partial charge >= 0.3 is 6.18 Å². The van der Waals surface area contributed by atoms with E-state index in [-0.39, 0.29) is 29.6 Å². The van der Waals surface area contributed by atoms with Gasteiger partial charge in [-0.05, 0) is 75.9 Å². The van der Waals surface area contributed by atoms with Crippen LogP contribution in [0, 0.1) is 0 Å². The topological polar surface area (TPSA) is 70.7 Å². The van der Waals surface area contributed by atoms with Crippen LogP contribution < -0.4 is 20.3 Å². The van der Waals surface area contributed by atoms with Gasteiger partial charge in [-0.2, -0.15) is 13.2 Å². The van der Waals surface area contributed by atoms with Crippen molar-refractivity contribution in [3.05, 3.63) is 57.0 Å². The lowest BCUT2D eigenvalue weighted by Crippen LogP contribution is -2.55. The Hall–Kier alpha value is -2.36. The van der Waals surface area contributed by atoms with Gasteiger partial charge < -0.3 is 20.3 Å². The van der Waals surface area contributed by atoms with Gasteiger partial charge in [0.15, 0.2) is 5.60 Å². The quantitative estimate of drug-likeness (QED) is 0.390. The fraction of sp³-hybridized carbons (Fsp3) is 0.462. The molecule has 0 aliphatic carbocycles. The molecule has 12 heteroatoms. The standard InChI is InChI=1S/C26H27Cl3F3N3O3/c1-25(2,38-22-8-4-15(27)10-20(22)29)24(37)34-16-11-17-5-6-18(12-16)35(17)21-7-3-14(9-19(21)28)23(36)33-13-26(30,31)32/h3-4,7-10,16-18H,5-6,11-13H2,1-2H3,(H,33,36)(H,34,37)/t16-,17+,18-. The molecule has 38 heavy (non-hydrogen) atoms. The maximum absolute atomic E-state index is 13.1. The third-order valence-corrected chi connectivity index (χ3v) is 7.64. The van der Waals surface area contributed by atoms with E-state index in [9.17, 15) is 22.8 Å². The summed E-state index contributed by atoms with van der Waals surface area (Å²) >= 11 is 18.6. The van der Waals surface area contributed by atoms with Gasteiger partial charge in [-0.25, -0.2) is 0 Å². The van der Waals surface area contributed by atoms with Gasteiger partial charge in [0.1, 0.15) is 12.3 Å². The lowest BCUT2D eigenvalue weighted by atomic mass is 9.95. The number of amides is 2. The second-order valence-corrected chi connectivity index (χ2v) is 11.3. The van der Waals surface area contributed by atoms with Crippen molar-refractivity contribution in [2.24, 2.45) is 0 Å². The molecule has 0 spiro atoms. The van der Waals surface area contributed by atoms with Crippen molar-refractivity contribution in [1.82, 2.24) is 10.6 Å². The summed E-state index contributed by atoms with van der Waals surface area (Å²) in [4.78, 5) is 27.4. The molecule has 6 nitrogen and oxygen atoms in total. The molecule has 3 atom stereocenters. The number of hydrogen-bond acceptors (Lipinski definition) is 4. The summed E-state index contributed by atoms with van der Waals surface area (Å²) in [7, 11) is 0. The van der Waals surface area contributed by atoms with Crippen molar-refractivity contribution in [3.8, 4) is 5.75 Å². The predicted octanol–water partition coefficient (Wildman–Crippen LogP) is 6.41. The zero-order chi connectivity index (χ0) is 27.8. The van der Waals surface area contributed by atoms with Crippen molar-refractivity contribution in [2.75, 3.05) is 11.4 Å². The maximum Gasteiger partial charge on any atom is 0.405 e. The van der Waals surface area contributed by atoms with Crippen molar-refractivity contribution in [2.45, 2.75) is 69.4 Å². The molecule has 0 aromatic heterocycles. The van der Waals surface area contributed by atoms with Gasteiger partial charge in [0.25, 0.3) is 11.8 Å². The van der Waals surface area contributed by atoms with Crippen LogP contribution in [0.2, 0.25) is 15.1 Å². The summed E-state index contributed by atoms with van der Waals surface area (Å²) in [5.74, 6) is -0.755. The lowest BCUT2D eigenvalue weighted by molar-refractivity contribution is -0.135. The van der Waals surface area contributed by atoms with Gasteiger partial charge in [-0.1, -0.05) is 34.8 Å². The van der Waals surface area contributed by atoms with Crippen molar-refractivity contribution in [3.63, 3.8) is 0 Å². The smallest absolute Gasteiger partial charge is 0.405 e. The van der Waals surface area contributed by atoms with Gasteiger partial charge in [-0.3, -0.25) is 9.59 Å². The number of hydrogen-bond donors (Lipinski definition) is 2. The highest BCUT2D eigenvalue weighted by Crippen LogP contribution is 2.42. The molecule has 0 unspecified atom stereocenters. The Balaban J connectivity index is 1.39. The number of fused-ring (bicyclic) bond motifs is 2. The Morgan fingerprint density at radius 2 is 1.66 bits per heavy atom. The number of rotatable bonds is 7. The number of benzene rings is 2. The zero-order valence-electron chi connectivity index (χ0n) is 20.7. The van der Waals surface area contributed by atoms with E-state index in [1.807, 2.05) is 5.32 Å². The second kappa shape index (κ2) is 11.0. The Morgan fingerprint density at radius 3 is 2.24 bits per heavy atom. The fourth-order valence-corrected chi connectivity index (χ4v) is 5.79. The summed E-state index contributed by atoms with van der Waals surface area (Å²) in [6.07, 6.45) is -1.32. The van der Waals surface area contributed by atoms with Crippen LogP contribution in [0.3, 0.4) is 0 Å². The molecule has 2 heterocycles. The first kappa shape index (κ1) is 28.6. The molecule has 2 aliphatic heterocycles. The average Bonchev–Trinajstić information content (AvgIpc) is 3.08. The van der Waals surface area contributed by atoms with Crippen LogP contribution in [0.15, 0.2) is 36.4 Å². The molecule has 2 fully saturated rings. The van der Waals surface area contributed by atoms with E-state index in [0.717, 1.165) is 18.5 Å². The van der Waals surface area contributed by atoms with Crippen molar-refractivity contribution < 1.29 is 27.5 Å². The Bertz CT molecular complexity index is 1210. The number of piperidine rings is 1. The van der Waals surface area contributed by atoms with E-state index in [0.29, 0.717) is 33.7 Å². The van der Waals surface area contributed by atoms with Crippen LogP contribution in [0.1, 0.15) is 49.9 Å². The molecule has 2 amide bonds. The molecule has 2 aromatic rings. The Labute approximate surface area is 233 Å². The first-order valence-electron chi connectivity index (χ1n) is 12.1. The van der Waals surface area contributed by atoms with Crippen LogP contribution in [0.4, 0.5) is 18.9 Å². The van der Waals surface area contributed by atoms with E-state index in [2.05, 4.69) is 10.2 Å². The van der Waals surface area contributed by atoms with Gasteiger partial charge in [0.2, 0.25) is 0 Å². The largest absolute Gasteiger partial charge is 0.476 e. The highest BCUT2D eigenvalue weighted by Gasteiger charge is 2.43. The minimum absolute atomic E-state index is 0.0560. The normalized spacial score (nSPS) is 21.3. The van der Waals surface area contributed by atoms with E-state index >= 15 is 0 Å². The molecule has 2 aromatic carbocycles. The number of nitrogens with zero attached hydrogens (tertiary/aromatic N) is 1. The van der Waals surface area contributed by atoms with Gasteiger partial charge in [0, 0.05) is 28.7 Å². The molecule has 2 saturated heterocycles. The zero-order valence-corrected chi connectivity index (χ0v) is 22.9. The summed E-state index contributed by atoms with van der Waals surface area (Å²) in [5, 5.41) is 6.03. The lowest BCUT2D eigenvalue weighted by Gasteiger charge is -2.42. The molecule has 2 N–H and O–H groups in total. The third-order valence-electron chi connectivity index (χ3n) is 6.81. The summed E-state index contributed by atoms with van der Waals surface area (Å²) in [5.41, 5.74) is -0.405. The van der Waals surface area contributed by atoms with Gasteiger partial charge in [0.05, 0.1) is 15.7 Å². The predicted molar refractivity (Wildman–Crippen MR) is 141 cm³/mol. The molecule has 0 saturated carbocycles. The molecule has 206 valence electrons. The Morgan fingerprint density at radius 1 is 1.00 bits per heavy atom. The molecule has 0 radical (unpaired) electrons. The minimum Gasteiger partial charge on any atom is -0.476 e. The number of carbonyl (C=O) groups excluding carboxylic acids is 2. The average molecular weight is 593 g/mol. The fourth-order valence-electron chi connectivity index (χ4n) is 5.07. The summed E-state index contributed by atoms with van der Waals surface area (Å²) < 4.78 is 43.2. The first-order chi connectivity index (χ1) is 17.7. The monoisotopic (exact) mass is 591 g/mol. The van der Waals surface area contributed by atoms with E-state index in [1.165, 1.54) is 12.1 Å². The molecular weight excluding hydrogens is 566 g/mol. The first-order valence-corrected chi connectivity index (χ1v) is 13.2. The molecule has 2 bridgehead atoms. The van der Waals surface area contributed by atoms with Crippen molar-refractivity contribution >= 4 is 52.3 Å². The highest BCUT2D eigenvalue weighted by atomic mass is 35.5. The number of carbonyl (C=O) groups is 2. The van der Waals surface area contributed by atoms with E-state index < -0.39 is 24.2 Å². The third kappa shape index (κ3) is 6.61. The van der Waals surface area contributed by atoms with Crippen LogP contribution in [0.5, 0.6) is 5.75 Å². The van der Waals surface area contributed by atoms with Crippen LogP contribution in [-0.4, -0.2) is 48.3 Å².